The molecule has 102 valence electrons. The number of aromatic nitrogens is 1. The van der Waals surface area contributed by atoms with Crippen molar-refractivity contribution >= 4 is 5.82 Å². The fraction of sp³-hybridized carbons (Fsp3) is 0.294. The average molecular weight is 265 g/mol. The molecule has 2 aromatic rings. The maximum atomic E-state index is 9.10. The molecular formula is C17H19N3. The van der Waals surface area contributed by atoms with Crippen molar-refractivity contribution < 1.29 is 0 Å². The SMILES string of the molecule is Cc1ccc(C#N)c(NC(C)CCc2ccccc2)n1. The summed E-state index contributed by atoms with van der Waals surface area (Å²) in [7, 11) is 0. The van der Waals surface area contributed by atoms with Gasteiger partial charge in [-0.15, -0.1) is 0 Å². The number of hydrogen-bond acceptors (Lipinski definition) is 3. The number of nitrogens with zero attached hydrogens (tertiary/aromatic N) is 2. The second kappa shape index (κ2) is 6.72. The average Bonchev–Trinajstić information content (AvgIpc) is 2.46. The first-order valence-electron chi connectivity index (χ1n) is 6.87. The molecule has 3 heteroatoms. The van der Waals surface area contributed by atoms with Gasteiger partial charge in [-0.3, -0.25) is 0 Å². The van der Waals surface area contributed by atoms with E-state index in [9.17, 15) is 0 Å². The van der Waals surface area contributed by atoms with Crippen LogP contribution in [-0.2, 0) is 6.42 Å². The molecule has 1 unspecified atom stereocenters. The fourth-order valence-corrected chi connectivity index (χ4v) is 2.09. The Hall–Kier alpha value is -2.34. The molecule has 0 saturated heterocycles. The Balaban J connectivity index is 1.96. The van der Waals surface area contributed by atoms with Crippen LogP contribution in [0, 0.1) is 18.3 Å². The Morgan fingerprint density at radius 2 is 1.95 bits per heavy atom. The summed E-state index contributed by atoms with van der Waals surface area (Å²) in [4.78, 5) is 4.41. The van der Waals surface area contributed by atoms with Crippen LogP contribution in [0.2, 0.25) is 0 Å². The minimum Gasteiger partial charge on any atom is -0.367 e. The maximum absolute atomic E-state index is 9.10. The Kier molecular flexibility index (Phi) is 4.73. The number of anilines is 1. The van der Waals surface area contributed by atoms with Gasteiger partial charge in [0, 0.05) is 11.7 Å². The van der Waals surface area contributed by atoms with E-state index in [0.717, 1.165) is 18.5 Å². The van der Waals surface area contributed by atoms with Crippen molar-refractivity contribution in [3.8, 4) is 6.07 Å². The zero-order valence-electron chi connectivity index (χ0n) is 11.9. The summed E-state index contributed by atoms with van der Waals surface area (Å²) in [5.74, 6) is 0.688. The molecule has 0 radical (unpaired) electrons. The van der Waals surface area contributed by atoms with Crippen molar-refractivity contribution in [2.45, 2.75) is 32.7 Å². The second-order valence-corrected chi connectivity index (χ2v) is 5.03. The molecule has 0 amide bonds. The lowest BCUT2D eigenvalue weighted by atomic mass is 10.1. The first kappa shape index (κ1) is 14.1. The Morgan fingerprint density at radius 3 is 2.65 bits per heavy atom. The van der Waals surface area contributed by atoms with Gasteiger partial charge < -0.3 is 5.32 Å². The summed E-state index contributed by atoms with van der Waals surface area (Å²) in [5, 5.41) is 12.4. The third kappa shape index (κ3) is 3.83. The molecule has 3 nitrogen and oxygen atoms in total. The van der Waals surface area contributed by atoms with Gasteiger partial charge in [0.15, 0.2) is 0 Å². The molecule has 0 aliphatic rings. The molecule has 1 aromatic carbocycles. The van der Waals surface area contributed by atoms with E-state index >= 15 is 0 Å². The van der Waals surface area contributed by atoms with Crippen LogP contribution in [-0.4, -0.2) is 11.0 Å². The summed E-state index contributed by atoms with van der Waals surface area (Å²) < 4.78 is 0. The van der Waals surface area contributed by atoms with Gasteiger partial charge in [0.2, 0.25) is 0 Å². The molecule has 0 spiro atoms. The van der Waals surface area contributed by atoms with Crippen LogP contribution in [0.3, 0.4) is 0 Å². The molecule has 1 atom stereocenters. The van der Waals surface area contributed by atoms with Gasteiger partial charge in [-0.25, -0.2) is 4.98 Å². The van der Waals surface area contributed by atoms with E-state index in [1.54, 1.807) is 0 Å². The van der Waals surface area contributed by atoms with Gasteiger partial charge in [-0.1, -0.05) is 30.3 Å². The van der Waals surface area contributed by atoms with Crippen molar-refractivity contribution in [3.05, 3.63) is 59.3 Å². The summed E-state index contributed by atoms with van der Waals surface area (Å²) >= 11 is 0. The van der Waals surface area contributed by atoms with Crippen molar-refractivity contribution in [2.24, 2.45) is 0 Å². The van der Waals surface area contributed by atoms with Gasteiger partial charge in [-0.05, 0) is 44.4 Å². The third-order valence-corrected chi connectivity index (χ3v) is 3.25. The summed E-state index contributed by atoms with van der Waals surface area (Å²) in [5.41, 5.74) is 2.85. The highest BCUT2D eigenvalue weighted by molar-refractivity contribution is 5.52. The Morgan fingerprint density at radius 1 is 1.20 bits per heavy atom. The molecule has 1 heterocycles. The van der Waals surface area contributed by atoms with E-state index in [1.165, 1.54) is 5.56 Å². The minimum absolute atomic E-state index is 0.275. The normalized spacial score (nSPS) is 11.7. The van der Waals surface area contributed by atoms with Gasteiger partial charge in [0.25, 0.3) is 0 Å². The van der Waals surface area contributed by atoms with Crippen LogP contribution in [0.25, 0.3) is 0 Å². The van der Waals surface area contributed by atoms with E-state index in [0.29, 0.717) is 11.4 Å². The van der Waals surface area contributed by atoms with Crippen LogP contribution in [0.5, 0.6) is 0 Å². The summed E-state index contributed by atoms with van der Waals surface area (Å²) in [6.45, 7) is 4.05. The second-order valence-electron chi connectivity index (χ2n) is 5.03. The van der Waals surface area contributed by atoms with Crippen LogP contribution in [0.15, 0.2) is 42.5 Å². The predicted molar refractivity (Wildman–Crippen MR) is 81.5 cm³/mol. The zero-order chi connectivity index (χ0) is 14.4. The smallest absolute Gasteiger partial charge is 0.144 e. The number of rotatable bonds is 5. The quantitative estimate of drug-likeness (QED) is 0.896. The zero-order valence-corrected chi connectivity index (χ0v) is 11.9. The highest BCUT2D eigenvalue weighted by Gasteiger charge is 2.08. The Bertz CT molecular complexity index is 599. The highest BCUT2D eigenvalue weighted by Crippen LogP contribution is 2.15. The lowest BCUT2D eigenvalue weighted by Crippen LogP contribution is -2.18. The maximum Gasteiger partial charge on any atom is 0.144 e. The highest BCUT2D eigenvalue weighted by atomic mass is 15.0. The number of benzene rings is 1. The third-order valence-electron chi connectivity index (χ3n) is 3.25. The fourth-order valence-electron chi connectivity index (χ4n) is 2.09. The van der Waals surface area contributed by atoms with Gasteiger partial charge >= 0.3 is 0 Å². The Labute approximate surface area is 120 Å². The first-order valence-corrected chi connectivity index (χ1v) is 6.87. The molecule has 1 aromatic heterocycles. The van der Waals surface area contributed by atoms with Crippen molar-refractivity contribution in [1.82, 2.24) is 4.98 Å². The number of pyridine rings is 1. The van der Waals surface area contributed by atoms with Crippen molar-refractivity contribution in [2.75, 3.05) is 5.32 Å². The van der Waals surface area contributed by atoms with Crippen LogP contribution in [0.4, 0.5) is 5.82 Å². The number of hydrogen-bond donors (Lipinski definition) is 1. The van der Waals surface area contributed by atoms with Crippen LogP contribution in [0.1, 0.15) is 30.2 Å². The topological polar surface area (TPSA) is 48.7 Å². The molecule has 0 bridgehead atoms. The summed E-state index contributed by atoms with van der Waals surface area (Å²) in [6, 6.07) is 16.5. The van der Waals surface area contributed by atoms with Gasteiger partial charge in [-0.2, -0.15) is 5.26 Å². The minimum atomic E-state index is 0.275. The van der Waals surface area contributed by atoms with Gasteiger partial charge in [0.1, 0.15) is 11.9 Å². The monoisotopic (exact) mass is 265 g/mol. The molecule has 0 fully saturated rings. The number of aryl methyl sites for hydroxylation is 2. The standard InChI is InChI=1S/C17H19N3/c1-13(8-10-15-6-4-3-5-7-15)19-17-16(12-18)11-9-14(2)20-17/h3-7,9,11,13H,8,10H2,1-2H3,(H,19,20). The van der Waals surface area contributed by atoms with E-state index in [1.807, 2.05) is 25.1 Å². The molecule has 0 saturated carbocycles. The molecule has 0 aliphatic carbocycles. The van der Waals surface area contributed by atoms with E-state index in [4.69, 9.17) is 5.26 Å². The molecule has 20 heavy (non-hydrogen) atoms. The molecule has 2 rings (SSSR count). The van der Waals surface area contributed by atoms with Crippen LogP contribution >= 0.6 is 0 Å². The number of nitriles is 1. The largest absolute Gasteiger partial charge is 0.367 e. The van der Waals surface area contributed by atoms with Gasteiger partial charge in [0.05, 0.1) is 5.56 Å². The van der Waals surface area contributed by atoms with E-state index < -0.39 is 0 Å². The molecule has 0 aliphatic heterocycles. The first-order chi connectivity index (χ1) is 9.69. The lowest BCUT2D eigenvalue weighted by molar-refractivity contribution is 0.702. The summed E-state index contributed by atoms with van der Waals surface area (Å²) in [6.07, 6.45) is 2.02. The van der Waals surface area contributed by atoms with E-state index in [-0.39, 0.29) is 6.04 Å². The van der Waals surface area contributed by atoms with E-state index in [2.05, 4.69) is 47.6 Å². The van der Waals surface area contributed by atoms with Crippen molar-refractivity contribution in [3.63, 3.8) is 0 Å². The lowest BCUT2D eigenvalue weighted by Gasteiger charge is -2.15. The van der Waals surface area contributed by atoms with Crippen molar-refractivity contribution in [1.29, 1.82) is 5.26 Å². The molecule has 1 N–H and O–H groups in total. The number of nitrogens with one attached hydrogen (secondary N) is 1. The van der Waals surface area contributed by atoms with Crippen LogP contribution < -0.4 is 5.32 Å². The predicted octanol–water partition coefficient (Wildman–Crippen LogP) is 3.69. The molecular weight excluding hydrogens is 246 g/mol.